The van der Waals surface area contributed by atoms with Crippen LogP contribution in [0.3, 0.4) is 0 Å². The minimum absolute atomic E-state index is 0.121. The molecule has 1 unspecified atom stereocenters. The highest BCUT2D eigenvalue weighted by Gasteiger charge is 2.27. The summed E-state index contributed by atoms with van der Waals surface area (Å²) in [6, 6.07) is 10.9. The van der Waals surface area contributed by atoms with Gasteiger partial charge in [-0.05, 0) is 64.6 Å². The van der Waals surface area contributed by atoms with Crippen LogP contribution in [0.15, 0.2) is 36.4 Å². The summed E-state index contributed by atoms with van der Waals surface area (Å²) in [6.07, 6.45) is 0.665. The zero-order valence-electron chi connectivity index (χ0n) is 19.1. The Labute approximate surface area is 193 Å². The lowest BCUT2D eigenvalue weighted by atomic mass is 9.89. The van der Waals surface area contributed by atoms with Crippen molar-refractivity contribution in [3.05, 3.63) is 58.4 Å². The van der Waals surface area contributed by atoms with Gasteiger partial charge in [-0.2, -0.15) is 4.68 Å². The number of hydrogen-bond donors (Lipinski definition) is 2. The summed E-state index contributed by atoms with van der Waals surface area (Å²) in [4.78, 5) is 0. The summed E-state index contributed by atoms with van der Waals surface area (Å²) in [5.74, 6) is 1.85. The highest BCUT2D eigenvalue weighted by Crippen LogP contribution is 2.32. The zero-order valence-corrected chi connectivity index (χ0v) is 19.8. The van der Waals surface area contributed by atoms with E-state index in [2.05, 4.69) is 34.7 Å². The average molecular weight is 460 g/mol. The molecule has 2 aromatic carbocycles. The van der Waals surface area contributed by atoms with Crippen LogP contribution in [-0.2, 0) is 0 Å². The lowest BCUT2D eigenvalue weighted by molar-refractivity contribution is 0.204. The number of hydrogen-bond acceptors (Lipinski definition) is 7. The topological polar surface area (TPSA) is 94.3 Å². The Hall–Kier alpha value is -2.68. The quantitative estimate of drug-likeness (QED) is 0.477. The molecule has 32 heavy (non-hydrogen) atoms. The van der Waals surface area contributed by atoms with Gasteiger partial charge in [0.15, 0.2) is 5.82 Å². The maximum absolute atomic E-state index is 9.44. The molecule has 0 aliphatic heterocycles. The molecule has 0 aliphatic carbocycles. The Morgan fingerprint density at radius 1 is 1.16 bits per heavy atom. The highest BCUT2D eigenvalue weighted by molar-refractivity contribution is 6.30. The molecule has 0 fully saturated rings. The van der Waals surface area contributed by atoms with Crippen molar-refractivity contribution < 1.29 is 14.6 Å². The van der Waals surface area contributed by atoms with E-state index >= 15 is 0 Å². The largest absolute Gasteiger partial charge is 0.497 e. The molecule has 0 spiro atoms. The lowest BCUT2D eigenvalue weighted by Crippen LogP contribution is -2.35. The third kappa shape index (κ3) is 5.38. The second kappa shape index (κ2) is 10.3. The molecule has 0 aliphatic rings. The molecule has 0 bridgehead atoms. The Kier molecular flexibility index (Phi) is 7.71. The maximum atomic E-state index is 9.44. The predicted octanol–water partition coefficient (Wildman–Crippen LogP) is 3.73. The van der Waals surface area contributed by atoms with E-state index in [1.165, 1.54) is 0 Å². The molecule has 2 N–H and O–H groups in total. The van der Waals surface area contributed by atoms with Gasteiger partial charge in [-0.15, -0.1) is 5.10 Å². The van der Waals surface area contributed by atoms with Crippen LogP contribution in [-0.4, -0.2) is 52.7 Å². The number of aryl methyl sites for hydroxylation is 1. The molecule has 8 nitrogen and oxygen atoms in total. The fourth-order valence-corrected chi connectivity index (χ4v) is 3.72. The molecule has 9 heteroatoms. The van der Waals surface area contributed by atoms with Crippen LogP contribution in [0.4, 0.5) is 0 Å². The van der Waals surface area contributed by atoms with Crippen LogP contribution in [0.2, 0.25) is 5.02 Å². The van der Waals surface area contributed by atoms with Crippen molar-refractivity contribution >= 4 is 11.6 Å². The van der Waals surface area contributed by atoms with E-state index in [1.54, 1.807) is 25.0 Å². The van der Waals surface area contributed by atoms with Crippen molar-refractivity contribution in [2.75, 3.05) is 27.4 Å². The number of aliphatic hydroxyl groups is 1. The molecule has 1 aromatic heterocycles. The Bertz CT molecular complexity index is 1050. The number of ether oxygens (including phenoxy) is 2. The third-order valence-electron chi connectivity index (χ3n) is 5.49. The molecule has 172 valence electrons. The standard InChI is InChI=1S/C23H30ClN5O3/c1-15-6-7-16(24)12-18(15)21(25-14-23(2,3)10-11-30)22-26-27-28-29(22)19-9-8-17(31-4)13-20(19)32-5/h6-9,12-13,21,25,30H,10-11,14H2,1-5H3. The minimum atomic E-state index is -0.339. The maximum Gasteiger partial charge on any atom is 0.178 e. The normalized spacial score (nSPS) is 12.6. The zero-order chi connectivity index (χ0) is 23.3. The molecule has 0 saturated carbocycles. The van der Waals surface area contributed by atoms with Gasteiger partial charge in [0, 0.05) is 24.2 Å². The number of tetrazole rings is 1. The first-order chi connectivity index (χ1) is 15.3. The van der Waals surface area contributed by atoms with E-state index in [0.29, 0.717) is 41.0 Å². The molecule has 3 rings (SSSR count). The van der Waals surface area contributed by atoms with Gasteiger partial charge in [0.1, 0.15) is 17.2 Å². The Balaban J connectivity index is 2.09. The number of benzene rings is 2. The fourth-order valence-electron chi connectivity index (χ4n) is 3.54. The second-order valence-electron chi connectivity index (χ2n) is 8.44. The van der Waals surface area contributed by atoms with E-state index < -0.39 is 0 Å². The van der Waals surface area contributed by atoms with Crippen molar-refractivity contribution in [1.29, 1.82) is 0 Å². The smallest absolute Gasteiger partial charge is 0.178 e. The van der Waals surface area contributed by atoms with Gasteiger partial charge >= 0.3 is 0 Å². The molecule has 3 aromatic rings. The highest BCUT2D eigenvalue weighted by atomic mass is 35.5. The first-order valence-corrected chi connectivity index (χ1v) is 10.8. The number of nitrogens with one attached hydrogen (secondary N) is 1. The molecular formula is C23H30ClN5O3. The van der Waals surface area contributed by atoms with Crippen LogP contribution in [0, 0.1) is 12.3 Å². The van der Waals surface area contributed by atoms with Gasteiger partial charge in [0.2, 0.25) is 0 Å². The van der Waals surface area contributed by atoms with Crippen molar-refractivity contribution in [3.63, 3.8) is 0 Å². The monoisotopic (exact) mass is 459 g/mol. The molecular weight excluding hydrogens is 430 g/mol. The molecule has 0 saturated heterocycles. The fraction of sp³-hybridized carbons (Fsp3) is 0.435. The van der Waals surface area contributed by atoms with Gasteiger partial charge in [-0.25, -0.2) is 0 Å². The van der Waals surface area contributed by atoms with Crippen molar-refractivity contribution in [1.82, 2.24) is 25.5 Å². The first kappa shape index (κ1) is 24.0. The third-order valence-corrected chi connectivity index (χ3v) is 5.73. The number of aromatic nitrogens is 4. The summed E-state index contributed by atoms with van der Waals surface area (Å²) in [5.41, 5.74) is 2.59. The minimum Gasteiger partial charge on any atom is -0.497 e. The number of methoxy groups -OCH3 is 2. The molecule has 0 radical (unpaired) electrons. The van der Waals surface area contributed by atoms with E-state index in [9.17, 15) is 5.11 Å². The summed E-state index contributed by atoms with van der Waals surface area (Å²) in [7, 11) is 3.20. The SMILES string of the molecule is COc1ccc(-n2nnnc2C(NCC(C)(C)CCO)c2cc(Cl)ccc2C)c(OC)c1. The van der Waals surface area contributed by atoms with Crippen LogP contribution in [0.25, 0.3) is 5.69 Å². The molecule has 1 heterocycles. The van der Waals surface area contributed by atoms with Gasteiger partial charge in [-0.1, -0.05) is 31.5 Å². The van der Waals surface area contributed by atoms with Crippen molar-refractivity contribution in [2.24, 2.45) is 5.41 Å². The van der Waals surface area contributed by atoms with Crippen LogP contribution < -0.4 is 14.8 Å². The van der Waals surface area contributed by atoms with Crippen LogP contribution in [0.5, 0.6) is 11.5 Å². The predicted molar refractivity (Wildman–Crippen MR) is 124 cm³/mol. The molecule has 1 atom stereocenters. The van der Waals surface area contributed by atoms with E-state index in [4.69, 9.17) is 21.1 Å². The van der Waals surface area contributed by atoms with Gasteiger partial charge in [0.05, 0.1) is 20.3 Å². The first-order valence-electron chi connectivity index (χ1n) is 10.4. The Morgan fingerprint density at radius 2 is 1.94 bits per heavy atom. The van der Waals surface area contributed by atoms with Crippen LogP contribution in [0.1, 0.15) is 43.3 Å². The average Bonchev–Trinajstić information content (AvgIpc) is 3.24. The van der Waals surface area contributed by atoms with Crippen molar-refractivity contribution in [2.45, 2.75) is 33.2 Å². The summed E-state index contributed by atoms with van der Waals surface area (Å²) in [5, 5.41) is 26.2. The summed E-state index contributed by atoms with van der Waals surface area (Å²) >= 11 is 6.35. The lowest BCUT2D eigenvalue weighted by Gasteiger charge is -2.28. The van der Waals surface area contributed by atoms with E-state index in [-0.39, 0.29) is 18.1 Å². The Morgan fingerprint density at radius 3 is 2.62 bits per heavy atom. The molecule has 0 amide bonds. The number of halogens is 1. The number of aliphatic hydroxyl groups excluding tert-OH is 1. The summed E-state index contributed by atoms with van der Waals surface area (Å²) in [6.45, 7) is 7.00. The van der Waals surface area contributed by atoms with Gasteiger partial charge in [0.25, 0.3) is 0 Å². The second-order valence-corrected chi connectivity index (χ2v) is 8.88. The number of rotatable bonds is 10. The van der Waals surface area contributed by atoms with E-state index in [0.717, 1.165) is 11.1 Å². The number of nitrogens with zero attached hydrogens (tertiary/aromatic N) is 4. The summed E-state index contributed by atoms with van der Waals surface area (Å²) < 4.78 is 12.6. The van der Waals surface area contributed by atoms with E-state index in [1.807, 2.05) is 37.3 Å². The van der Waals surface area contributed by atoms with Gasteiger partial charge in [-0.3, -0.25) is 0 Å². The van der Waals surface area contributed by atoms with Crippen LogP contribution >= 0.6 is 11.6 Å². The van der Waals surface area contributed by atoms with Crippen molar-refractivity contribution in [3.8, 4) is 17.2 Å². The van der Waals surface area contributed by atoms with Gasteiger partial charge < -0.3 is 19.9 Å².